The van der Waals surface area contributed by atoms with Crippen molar-refractivity contribution < 1.29 is 23.4 Å². The number of ether oxygens (including phenoxy) is 1. The van der Waals surface area contributed by atoms with Gasteiger partial charge in [0.05, 0.1) is 18.4 Å². The molecule has 0 unspecified atom stereocenters. The highest BCUT2D eigenvalue weighted by molar-refractivity contribution is 5.95. The highest BCUT2D eigenvalue weighted by atomic mass is 19.1. The lowest BCUT2D eigenvalue weighted by Gasteiger charge is -2.11. The van der Waals surface area contributed by atoms with Crippen LogP contribution < -0.4 is 5.32 Å². The molecule has 2 aromatic rings. The minimum absolute atomic E-state index is 0.157. The molecule has 4 nitrogen and oxygen atoms in total. The van der Waals surface area contributed by atoms with Crippen molar-refractivity contribution in [1.82, 2.24) is 0 Å². The van der Waals surface area contributed by atoms with Gasteiger partial charge in [-0.1, -0.05) is 6.07 Å². The maximum absolute atomic E-state index is 13.3. The van der Waals surface area contributed by atoms with Gasteiger partial charge in [-0.05, 0) is 35.9 Å². The van der Waals surface area contributed by atoms with Crippen LogP contribution in [-0.4, -0.2) is 18.2 Å². The Bertz CT molecular complexity index is 674. The van der Waals surface area contributed by atoms with Crippen molar-refractivity contribution in [1.29, 1.82) is 0 Å². The molecule has 0 radical (unpaired) electrons. The molecular formula is C15H13F2NO3. The standard InChI is InChI=1S/C15H13F2NO3/c1-21-15(20)11-4-3-10(16)7-13(11)18-8-9-2-5-14(19)12(17)6-9/h2-7,18-19H,8H2,1H3. The Morgan fingerprint density at radius 2 is 2.00 bits per heavy atom. The number of nitrogens with one attached hydrogen (secondary N) is 1. The van der Waals surface area contributed by atoms with Crippen LogP contribution in [0, 0.1) is 11.6 Å². The Morgan fingerprint density at radius 3 is 2.67 bits per heavy atom. The van der Waals surface area contributed by atoms with E-state index in [1.807, 2.05) is 0 Å². The Kier molecular flexibility index (Phi) is 4.37. The number of hydrogen-bond donors (Lipinski definition) is 2. The normalized spacial score (nSPS) is 10.2. The van der Waals surface area contributed by atoms with Crippen molar-refractivity contribution in [2.45, 2.75) is 6.54 Å². The zero-order valence-electron chi connectivity index (χ0n) is 11.2. The topological polar surface area (TPSA) is 58.6 Å². The van der Waals surface area contributed by atoms with Crippen molar-refractivity contribution in [3.63, 3.8) is 0 Å². The summed E-state index contributed by atoms with van der Waals surface area (Å²) in [4.78, 5) is 11.6. The van der Waals surface area contributed by atoms with Gasteiger partial charge in [-0.15, -0.1) is 0 Å². The van der Waals surface area contributed by atoms with E-state index in [0.29, 0.717) is 5.56 Å². The van der Waals surface area contributed by atoms with Crippen LogP contribution in [0.15, 0.2) is 36.4 Å². The number of anilines is 1. The number of hydrogen-bond acceptors (Lipinski definition) is 4. The third kappa shape index (κ3) is 3.47. The van der Waals surface area contributed by atoms with Crippen molar-refractivity contribution in [3.8, 4) is 5.75 Å². The molecule has 0 spiro atoms. The first-order valence-electron chi connectivity index (χ1n) is 6.10. The molecule has 0 amide bonds. The van der Waals surface area contributed by atoms with E-state index in [4.69, 9.17) is 5.11 Å². The molecule has 0 atom stereocenters. The predicted molar refractivity (Wildman–Crippen MR) is 73.1 cm³/mol. The van der Waals surface area contributed by atoms with Crippen LogP contribution in [0.2, 0.25) is 0 Å². The third-order valence-electron chi connectivity index (χ3n) is 2.88. The molecular weight excluding hydrogens is 280 g/mol. The molecule has 0 aliphatic carbocycles. The monoisotopic (exact) mass is 293 g/mol. The minimum atomic E-state index is -0.748. The zero-order valence-corrected chi connectivity index (χ0v) is 11.2. The lowest BCUT2D eigenvalue weighted by atomic mass is 10.1. The number of esters is 1. The lowest BCUT2D eigenvalue weighted by molar-refractivity contribution is 0.0601. The van der Waals surface area contributed by atoms with Gasteiger partial charge in [0, 0.05) is 6.54 Å². The molecule has 0 heterocycles. The molecule has 0 saturated heterocycles. The fourth-order valence-electron chi connectivity index (χ4n) is 1.81. The molecule has 2 rings (SSSR count). The molecule has 0 saturated carbocycles. The van der Waals surface area contributed by atoms with Crippen molar-refractivity contribution >= 4 is 11.7 Å². The summed E-state index contributed by atoms with van der Waals surface area (Å²) in [5.41, 5.74) is 0.957. The molecule has 110 valence electrons. The molecule has 21 heavy (non-hydrogen) atoms. The highest BCUT2D eigenvalue weighted by Gasteiger charge is 2.12. The van der Waals surface area contributed by atoms with Crippen molar-refractivity contribution in [3.05, 3.63) is 59.2 Å². The number of rotatable bonds is 4. The van der Waals surface area contributed by atoms with Gasteiger partial charge in [0.2, 0.25) is 0 Å². The molecule has 2 aromatic carbocycles. The summed E-state index contributed by atoms with van der Waals surface area (Å²) < 4.78 is 31.1. The van der Waals surface area contributed by atoms with E-state index in [1.165, 1.54) is 25.3 Å². The Hall–Kier alpha value is -2.63. The van der Waals surface area contributed by atoms with Gasteiger partial charge in [0.25, 0.3) is 0 Å². The average molecular weight is 293 g/mol. The first kappa shape index (κ1) is 14.8. The molecule has 6 heteroatoms. The van der Waals surface area contributed by atoms with Gasteiger partial charge in [0.1, 0.15) is 5.82 Å². The van der Waals surface area contributed by atoms with E-state index < -0.39 is 23.4 Å². The van der Waals surface area contributed by atoms with Crippen LogP contribution in [0.1, 0.15) is 15.9 Å². The van der Waals surface area contributed by atoms with Crippen LogP contribution in [0.3, 0.4) is 0 Å². The van der Waals surface area contributed by atoms with Crippen LogP contribution in [0.4, 0.5) is 14.5 Å². The maximum Gasteiger partial charge on any atom is 0.339 e. The van der Waals surface area contributed by atoms with Gasteiger partial charge in [-0.2, -0.15) is 0 Å². The quantitative estimate of drug-likeness (QED) is 0.851. The summed E-state index contributed by atoms with van der Waals surface area (Å²) in [7, 11) is 1.23. The Morgan fingerprint density at radius 1 is 1.24 bits per heavy atom. The second kappa shape index (κ2) is 6.21. The first-order valence-corrected chi connectivity index (χ1v) is 6.10. The van der Waals surface area contributed by atoms with E-state index in [1.54, 1.807) is 0 Å². The van der Waals surface area contributed by atoms with E-state index in [2.05, 4.69) is 10.1 Å². The predicted octanol–water partition coefficient (Wildman–Crippen LogP) is 3.07. The number of carbonyl (C=O) groups excluding carboxylic acids is 1. The van der Waals surface area contributed by atoms with Gasteiger partial charge in [-0.3, -0.25) is 0 Å². The van der Waals surface area contributed by atoms with Crippen LogP contribution in [0.25, 0.3) is 0 Å². The van der Waals surface area contributed by atoms with Crippen LogP contribution in [-0.2, 0) is 11.3 Å². The summed E-state index contributed by atoms with van der Waals surface area (Å²) >= 11 is 0. The number of benzene rings is 2. The smallest absolute Gasteiger partial charge is 0.339 e. The first-order chi connectivity index (χ1) is 10.0. The Balaban J connectivity index is 2.20. The summed E-state index contributed by atoms with van der Waals surface area (Å²) in [5, 5.41) is 12.0. The fourth-order valence-corrected chi connectivity index (χ4v) is 1.81. The van der Waals surface area contributed by atoms with Gasteiger partial charge in [-0.25, -0.2) is 13.6 Å². The minimum Gasteiger partial charge on any atom is -0.505 e. The molecule has 0 fully saturated rings. The number of carbonyl (C=O) groups is 1. The SMILES string of the molecule is COC(=O)c1ccc(F)cc1NCc1ccc(O)c(F)c1. The lowest BCUT2D eigenvalue weighted by Crippen LogP contribution is -2.08. The number of phenols is 1. The summed E-state index contributed by atoms with van der Waals surface area (Å²) in [6.45, 7) is 0.157. The Labute approximate surface area is 120 Å². The van der Waals surface area contributed by atoms with Gasteiger partial charge < -0.3 is 15.2 Å². The third-order valence-corrected chi connectivity index (χ3v) is 2.88. The molecule has 0 bridgehead atoms. The second-order valence-electron chi connectivity index (χ2n) is 4.32. The van der Waals surface area contributed by atoms with Crippen molar-refractivity contribution in [2.24, 2.45) is 0 Å². The molecule has 0 aliphatic rings. The number of methoxy groups -OCH3 is 1. The maximum atomic E-state index is 13.3. The van der Waals surface area contributed by atoms with E-state index in [-0.39, 0.29) is 17.8 Å². The summed E-state index contributed by atoms with van der Waals surface area (Å²) in [6, 6.07) is 7.50. The average Bonchev–Trinajstić information content (AvgIpc) is 2.48. The highest BCUT2D eigenvalue weighted by Crippen LogP contribution is 2.21. The summed E-state index contributed by atoms with van der Waals surface area (Å²) in [5.74, 6) is -2.31. The van der Waals surface area contributed by atoms with Gasteiger partial charge >= 0.3 is 5.97 Å². The zero-order chi connectivity index (χ0) is 15.4. The molecule has 2 N–H and O–H groups in total. The fraction of sp³-hybridized carbons (Fsp3) is 0.133. The number of phenolic OH excluding ortho intramolecular Hbond substituents is 1. The van der Waals surface area contributed by atoms with Crippen LogP contribution in [0.5, 0.6) is 5.75 Å². The van der Waals surface area contributed by atoms with Crippen LogP contribution >= 0.6 is 0 Å². The number of halogens is 2. The number of aromatic hydroxyl groups is 1. The summed E-state index contributed by atoms with van der Waals surface area (Å²) in [6.07, 6.45) is 0. The van der Waals surface area contributed by atoms with Gasteiger partial charge in [0.15, 0.2) is 11.6 Å². The second-order valence-corrected chi connectivity index (χ2v) is 4.32. The van der Waals surface area contributed by atoms with Crippen molar-refractivity contribution in [2.75, 3.05) is 12.4 Å². The van der Waals surface area contributed by atoms with E-state index >= 15 is 0 Å². The van der Waals surface area contributed by atoms with E-state index in [0.717, 1.165) is 18.2 Å². The molecule has 0 aliphatic heterocycles. The van der Waals surface area contributed by atoms with E-state index in [9.17, 15) is 13.6 Å². The molecule has 0 aromatic heterocycles. The largest absolute Gasteiger partial charge is 0.505 e.